The molecular weight excluding hydrogens is 492 g/mol. The van der Waals surface area contributed by atoms with Crippen molar-refractivity contribution in [1.82, 2.24) is 0 Å². The Morgan fingerprint density at radius 3 is 1.70 bits per heavy atom. The van der Waals surface area contributed by atoms with Gasteiger partial charge < -0.3 is 4.74 Å². The summed E-state index contributed by atoms with van der Waals surface area (Å²) in [4.78, 5) is 0.0473. The zero-order valence-electron chi connectivity index (χ0n) is 16.1. The molecule has 0 fully saturated rings. The first-order valence-corrected chi connectivity index (χ1v) is 12.4. The highest BCUT2D eigenvalue weighted by molar-refractivity contribution is 9.10. The molecule has 0 aliphatic heterocycles. The monoisotopic (exact) mass is 510 g/mol. The molecule has 2 N–H and O–H groups in total. The summed E-state index contributed by atoms with van der Waals surface area (Å²) in [5.74, 6) is 0.504. The van der Waals surface area contributed by atoms with Crippen molar-refractivity contribution < 1.29 is 21.6 Å². The van der Waals surface area contributed by atoms with E-state index in [4.69, 9.17) is 4.74 Å². The van der Waals surface area contributed by atoms with E-state index in [0.717, 1.165) is 5.56 Å². The van der Waals surface area contributed by atoms with E-state index >= 15 is 0 Å². The van der Waals surface area contributed by atoms with Crippen LogP contribution in [0.5, 0.6) is 5.75 Å². The van der Waals surface area contributed by atoms with Gasteiger partial charge in [-0.05, 0) is 77.5 Å². The standard InChI is InChI=1S/C20H19BrN2O5S2/c1-14-3-5-15(6-4-14)22-29(24,25)17-9-7-16(8-10-17)23-30(26,27)18-11-12-20(28-2)19(21)13-18/h3-13,22-23H,1-2H3. The molecule has 0 saturated carbocycles. The molecular formula is C20H19BrN2O5S2. The Kier molecular flexibility index (Phi) is 6.39. The first-order chi connectivity index (χ1) is 14.1. The van der Waals surface area contributed by atoms with Gasteiger partial charge in [0.25, 0.3) is 20.0 Å². The Hall–Kier alpha value is -2.56. The molecule has 3 aromatic rings. The van der Waals surface area contributed by atoms with Crippen molar-refractivity contribution >= 4 is 47.4 Å². The lowest BCUT2D eigenvalue weighted by Gasteiger charge is -2.11. The van der Waals surface area contributed by atoms with Gasteiger partial charge in [0.15, 0.2) is 0 Å². The van der Waals surface area contributed by atoms with Crippen LogP contribution in [0.3, 0.4) is 0 Å². The van der Waals surface area contributed by atoms with Crippen LogP contribution in [0.15, 0.2) is 81.0 Å². The summed E-state index contributed by atoms with van der Waals surface area (Å²) >= 11 is 3.26. The van der Waals surface area contributed by atoms with E-state index in [9.17, 15) is 16.8 Å². The average Bonchev–Trinajstić information content (AvgIpc) is 2.69. The lowest BCUT2D eigenvalue weighted by Crippen LogP contribution is -2.14. The number of rotatable bonds is 7. The molecule has 0 atom stereocenters. The number of benzene rings is 3. The second-order valence-corrected chi connectivity index (χ2v) is 10.6. The highest BCUT2D eigenvalue weighted by atomic mass is 79.9. The first kappa shape index (κ1) is 22.1. The summed E-state index contributed by atoms with van der Waals surface area (Å²) in [5, 5.41) is 0. The molecule has 7 nitrogen and oxygen atoms in total. The molecule has 0 amide bonds. The minimum Gasteiger partial charge on any atom is -0.496 e. The minimum absolute atomic E-state index is 0.0122. The van der Waals surface area contributed by atoms with Crippen LogP contribution in [-0.2, 0) is 20.0 Å². The molecule has 0 aromatic heterocycles. The van der Waals surface area contributed by atoms with Crippen LogP contribution in [0.2, 0.25) is 0 Å². The maximum absolute atomic E-state index is 12.6. The normalized spacial score (nSPS) is 11.7. The third-order valence-electron chi connectivity index (χ3n) is 4.15. The van der Waals surface area contributed by atoms with Crippen molar-refractivity contribution in [3.63, 3.8) is 0 Å². The van der Waals surface area contributed by atoms with Gasteiger partial charge in [0.1, 0.15) is 5.75 Å². The highest BCUT2D eigenvalue weighted by Gasteiger charge is 2.18. The molecule has 0 bridgehead atoms. The van der Waals surface area contributed by atoms with Crippen molar-refractivity contribution in [2.75, 3.05) is 16.6 Å². The molecule has 3 aromatic carbocycles. The lowest BCUT2D eigenvalue weighted by molar-refractivity contribution is 0.411. The van der Waals surface area contributed by atoms with Crippen molar-refractivity contribution in [1.29, 1.82) is 0 Å². The number of aryl methyl sites for hydroxylation is 1. The molecule has 3 rings (SSSR count). The van der Waals surface area contributed by atoms with Crippen LogP contribution in [0.4, 0.5) is 11.4 Å². The number of hydrogen-bond acceptors (Lipinski definition) is 5. The molecule has 0 spiro atoms. The lowest BCUT2D eigenvalue weighted by atomic mass is 10.2. The van der Waals surface area contributed by atoms with Crippen molar-refractivity contribution in [3.8, 4) is 5.75 Å². The SMILES string of the molecule is COc1ccc(S(=O)(=O)Nc2ccc(S(=O)(=O)Nc3ccc(C)cc3)cc2)cc1Br. The van der Waals surface area contributed by atoms with Crippen LogP contribution < -0.4 is 14.2 Å². The molecule has 158 valence electrons. The smallest absolute Gasteiger partial charge is 0.261 e. The van der Waals surface area contributed by atoms with Gasteiger partial charge in [-0.2, -0.15) is 0 Å². The van der Waals surface area contributed by atoms with Gasteiger partial charge in [0.2, 0.25) is 0 Å². The molecule has 0 saturated heterocycles. The van der Waals surface area contributed by atoms with E-state index in [2.05, 4.69) is 25.4 Å². The largest absolute Gasteiger partial charge is 0.496 e. The van der Waals surface area contributed by atoms with Crippen molar-refractivity contribution in [3.05, 3.63) is 76.8 Å². The predicted molar refractivity (Wildman–Crippen MR) is 120 cm³/mol. The van der Waals surface area contributed by atoms with Crippen LogP contribution >= 0.6 is 15.9 Å². The summed E-state index contributed by atoms with van der Waals surface area (Å²) in [6, 6.07) is 16.7. The zero-order valence-corrected chi connectivity index (χ0v) is 19.3. The van der Waals surface area contributed by atoms with Crippen LogP contribution in [-0.4, -0.2) is 23.9 Å². The van der Waals surface area contributed by atoms with E-state index in [0.29, 0.717) is 15.9 Å². The zero-order chi connectivity index (χ0) is 21.9. The Morgan fingerprint density at radius 1 is 0.733 bits per heavy atom. The summed E-state index contributed by atoms with van der Waals surface area (Å²) in [5.41, 5.74) is 1.69. The van der Waals surface area contributed by atoms with Crippen LogP contribution in [0, 0.1) is 6.92 Å². The van der Waals surface area contributed by atoms with Crippen molar-refractivity contribution in [2.45, 2.75) is 16.7 Å². The molecule has 30 heavy (non-hydrogen) atoms. The van der Waals surface area contributed by atoms with E-state index in [1.165, 1.54) is 49.6 Å². The molecule has 10 heteroatoms. The fourth-order valence-corrected chi connectivity index (χ4v) is 5.40. The molecule has 0 radical (unpaired) electrons. The first-order valence-electron chi connectivity index (χ1n) is 8.67. The Morgan fingerprint density at radius 2 is 1.20 bits per heavy atom. The minimum atomic E-state index is -3.86. The fourth-order valence-electron chi connectivity index (χ4n) is 2.57. The van der Waals surface area contributed by atoms with Crippen LogP contribution in [0.1, 0.15) is 5.56 Å². The predicted octanol–water partition coefficient (Wildman–Crippen LogP) is 4.37. The summed E-state index contributed by atoms with van der Waals surface area (Å²) in [7, 11) is -6.18. The van der Waals surface area contributed by atoms with E-state index in [1.807, 2.05) is 6.92 Å². The number of ether oxygens (including phenoxy) is 1. The fraction of sp³-hybridized carbons (Fsp3) is 0.100. The summed E-state index contributed by atoms with van der Waals surface area (Å²) in [6.45, 7) is 1.91. The van der Waals surface area contributed by atoms with Gasteiger partial charge in [-0.3, -0.25) is 9.44 Å². The maximum Gasteiger partial charge on any atom is 0.261 e. The van der Waals surface area contributed by atoms with Gasteiger partial charge in [0, 0.05) is 11.4 Å². The number of methoxy groups -OCH3 is 1. The van der Waals surface area contributed by atoms with Crippen LogP contribution in [0.25, 0.3) is 0 Å². The highest BCUT2D eigenvalue weighted by Crippen LogP contribution is 2.28. The molecule has 0 aliphatic rings. The number of sulfonamides is 2. The van der Waals surface area contributed by atoms with Gasteiger partial charge in [0.05, 0.1) is 21.4 Å². The number of hydrogen-bond donors (Lipinski definition) is 2. The van der Waals surface area contributed by atoms with Crippen molar-refractivity contribution in [2.24, 2.45) is 0 Å². The Balaban J connectivity index is 1.78. The quantitative estimate of drug-likeness (QED) is 0.491. The Bertz CT molecular complexity index is 1260. The number of nitrogens with one attached hydrogen (secondary N) is 2. The second kappa shape index (κ2) is 8.66. The van der Waals surface area contributed by atoms with Gasteiger partial charge in [-0.25, -0.2) is 16.8 Å². The Labute approximate surface area is 184 Å². The average molecular weight is 511 g/mol. The topological polar surface area (TPSA) is 102 Å². The second-order valence-electron chi connectivity index (χ2n) is 6.40. The molecule has 0 heterocycles. The molecule has 0 unspecified atom stereocenters. The number of anilines is 2. The summed E-state index contributed by atoms with van der Waals surface area (Å²) < 4.78 is 60.8. The number of halogens is 1. The maximum atomic E-state index is 12.6. The van der Waals surface area contributed by atoms with Gasteiger partial charge in [-0.1, -0.05) is 17.7 Å². The van der Waals surface area contributed by atoms with Gasteiger partial charge in [-0.15, -0.1) is 0 Å². The van der Waals surface area contributed by atoms with E-state index in [1.54, 1.807) is 24.3 Å². The third-order valence-corrected chi connectivity index (χ3v) is 7.55. The van der Waals surface area contributed by atoms with E-state index < -0.39 is 20.0 Å². The van der Waals surface area contributed by atoms with Gasteiger partial charge >= 0.3 is 0 Å². The third kappa shape index (κ3) is 5.13. The van der Waals surface area contributed by atoms with E-state index in [-0.39, 0.29) is 15.5 Å². The molecule has 0 aliphatic carbocycles. The summed E-state index contributed by atoms with van der Waals surface area (Å²) in [6.07, 6.45) is 0.